The van der Waals surface area contributed by atoms with Crippen molar-refractivity contribution in [3.63, 3.8) is 0 Å². The quantitative estimate of drug-likeness (QED) is 0.508. The highest BCUT2D eigenvalue weighted by Crippen LogP contribution is 2.05. The first-order chi connectivity index (χ1) is 7.51. The number of piperazine rings is 1. The van der Waals surface area contributed by atoms with Crippen LogP contribution in [0.4, 0.5) is 0 Å². The minimum absolute atomic E-state index is 0.357. The van der Waals surface area contributed by atoms with Crippen LogP contribution in [0.15, 0.2) is 0 Å². The van der Waals surface area contributed by atoms with E-state index in [0.717, 1.165) is 9.80 Å². The van der Waals surface area contributed by atoms with Crippen molar-refractivity contribution in [3.8, 4) is 0 Å². The summed E-state index contributed by atoms with van der Waals surface area (Å²) in [4.78, 5) is 46.7. The summed E-state index contributed by atoms with van der Waals surface area (Å²) < 4.78 is 0. The number of nitrogens with two attached hydrogens (primary N) is 2. The van der Waals surface area contributed by atoms with E-state index in [-0.39, 0.29) is 13.1 Å². The first-order valence-corrected chi connectivity index (χ1v) is 4.57. The summed E-state index contributed by atoms with van der Waals surface area (Å²) in [6.45, 7) is -1.63. The van der Waals surface area contributed by atoms with E-state index in [9.17, 15) is 19.2 Å². The molecule has 4 amide bonds. The van der Waals surface area contributed by atoms with Crippen molar-refractivity contribution in [2.24, 2.45) is 11.5 Å². The topological polar surface area (TPSA) is 127 Å². The Morgan fingerprint density at radius 1 is 0.938 bits per heavy atom. The highest BCUT2D eigenvalue weighted by Gasteiger charge is 2.35. The smallest absolute Gasteiger partial charge is 0.249 e. The first-order valence-electron chi connectivity index (χ1n) is 4.57. The number of amides is 4. The van der Waals surface area contributed by atoms with Crippen molar-refractivity contribution in [2.75, 3.05) is 26.2 Å². The van der Waals surface area contributed by atoms with Crippen LogP contribution >= 0.6 is 0 Å². The molecule has 88 valence electrons. The third-order valence-corrected chi connectivity index (χ3v) is 2.14. The van der Waals surface area contributed by atoms with Crippen molar-refractivity contribution in [1.29, 1.82) is 0 Å². The van der Waals surface area contributed by atoms with E-state index in [0.29, 0.717) is 0 Å². The molecule has 0 saturated carbocycles. The van der Waals surface area contributed by atoms with Gasteiger partial charge in [0, 0.05) is 0 Å². The van der Waals surface area contributed by atoms with Crippen LogP contribution in [0.3, 0.4) is 0 Å². The summed E-state index contributed by atoms with van der Waals surface area (Å²) in [5.41, 5.74) is 10.2. The third kappa shape index (κ3) is 2.23. The van der Waals surface area contributed by atoms with Gasteiger partial charge in [-0.15, -0.1) is 0 Å². The second kappa shape index (κ2) is 4.81. The molecule has 0 aromatic rings. The largest absolute Gasteiger partial charge is 0.322 e. The molecule has 0 aromatic heterocycles. The summed E-state index contributed by atoms with van der Waals surface area (Å²) >= 11 is 0. The Balaban J connectivity index is 2.78. The zero-order chi connectivity index (χ0) is 12.3. The van der Waals surface area contributed by atoms with Gasteiger partial charge in [0.05, 0.1) is 13.1 Å². The zero-order valence-corrected chi connectivity index (χ0v) is 8.51. The standard InChI is InChI=1S/C8H12N4O4/c9-1-5(13)11-3-8(16)12(4-7(11)15)6(14)2-10/h1-4,9-10H2. The number of imide groups is 2. The number of nitrogens with zero attached hydrogens (tertiary/aromatic N) is 2. The lowest BCUT2D eigenvalue weighted by Crippen LogP contribution is -2.59. The maximum absolute atomic E-state index is 11.4. The molecule has 0 bridgehead atoms. The Bertz CT molecular complexity index is 320. The van der Waals surface area contributed by atoms with E-state index in [2.05, 4.69) is 0 Å². The maximum Gasteiger partial charge on any atom is 0.249 e. The fourth-order valence-electron chi connectivity index (χ4n) is 1.29. The Kier molecular flexibility index (Phi) is 3.69. The van der Waals surface area contributed by atoms with Gasteiger partial charge >= 0.3 is 0 Å². The molecule has 1 fully saturated rings. The monoisotopic (exact) mass is 228 g/mol. The molecule has 0 aliphatic carbocycles. The second-order valence-electron chi connectivity index (χ2n) is 3.16. The van der Waals surface area contributed by atoms with Crippen LogP contribution in [-0.2, 0) is 19.2 Å². The van der Waals surface area contributed by atoms with E-state index in [4.69, 9.17) is 11.5 Å². The molecule has 1 aliphatic heterocycles. The number of carbonyl (C=O) groups is 4. The molecule has 0 spiro atoms. The van der Waals surface area contributed by atoms with E-state index >= 15 is 0 Å². The molecule has 0 radical (unpaired) electrons. The van der Waals surface area contributed by atoms with Crippen LogP contribution in [0.5, 0.6) is 0 Å². The van der Waals surface area contributed by atoms with Crippen molar-refractivity contribution in [3.05, 3.63) is 0 Å². The molecule has 8 nitrogen and oxygen atoms in total. The van der Waals surface area contributed by atoms with Crippen molar-refractivity contribution in [1.82, 2.24) is 9.80 Å². The lowest BCUT2D eigenvalue weighted by Gasteiger charge is -2.30. The van der Waals surface area contributed by atoms with Crippen LogP contribution < -0.4 is 11.5 Å². The molecule has 16 heavy (non-hydrogen) atoms. The SMILES string of the molecule is NCC(=O)N1CC(=O)N(C(=O)CN)CC1=O. The average molecular weight is 228 g/mol. The van der Waals surface area contributed by atoms with Gasteiger partial charge in [0.15, 0.2) is 0 Å². The minimum Gasteiger partial charge on any atom is -0.322 e. The Morgan fingerprint density at radius 2 is 1.25 bits per heavy atom. The maximum atomic E-state index is 11.4. The van der Waals surface area contributed by atoms with E-state index < -0.39 is 36.7 Å². The van der Waals surface area contributed by atoms with Crippen LogP contribution in [0.25, 0.3) is 0 Å². The summed E-state index contributed by atoms with van der Waals surface area (Å²) in [6.07, 6.45) is 0. The van der Waals surface area contributed by atoms with Gasteiger partial charge in [-0.1, -0.05) is 0 Å². The highest BCUT2D eigenvalue weighted by atomic mass is 16.2. The molecule has 0 atom stereocenters. The van der Waals surface area contributed by atoms with Gasteiger partial charge < -0.3 is 11.5 Å². The van der Waals surface area contributed by atoms with Crippen molar-refractivity contribution >= 4 is 23.6 Å². The normalized spacial score (nSPS) is 16.6. The molecular formula is C8H12N4O4. The third-order valence-electron chi connectivity index (χ3n) is 2.14. The second-order valence-corrected chi connectivity index (χ2v) is 3.16. The predicted molar refractivity (Wildman–Crippen MR) is 51.5 cm³/mol. The number of hydrogen-bond acceptors (Lipinski definition) is 6. The molecule has 1 heterocycles. The fourth-order valence-corrected chi connectivity index (χ4v) is 1.29. The van der Waals surface area contributed by atoms with Gasteiger partial charge in [-0.05, 0) is 0 Å². The summed E-state index contributed by atoms with van der Waals surface area (Å²) in [6, 6.07) is 0. The van der Waals surface area contributed by atoms with Gasteiger partial charge in [-0.3, -0.25) is 29.0 Å². The van der Waals surface area contributed by atoms with Crippen molar-refractivity contribution < 1.29 is 19.2 Å². The summed E-state index contributed by atoms with van der Waals surface area (Å²) in [5, 5.41) is 0. The molecule has 0 unspecified atom stereocenters. The Labute approximate surface area is 91.1 Å². The Hall–Kier alpha value is -1.80. The lowest BCUT2D eigenvalue weighted by molar-refractivity contribution is -0.161. The van der Waals surface area contributed by atoms with Gasteiger partial charge in [-0.2, -0.15) is 0 Å². The van der Waals surface area contributed by atoms with E-state index in [1.807, 2.05) is 0 Å². The van der Waals surface area contributed by atoms with Gasteiger partial charge in [0.25, 0.3) is 0 Å². The molecule has 4 N–H and O–H groups in total. The van der Waals surface area contributed by atoms with Gasteiger partial charge in [0.2, 0.25) is 23.6 Å². The molecule has 8 heteroatoms. The average Bonchev–Trinajstić information content (AvgIpc) is 2.29. The van der Waals surface area contributed by atoms with Crippen molar-refractivity contribution in [2.45, 2.75) is 0 Å². The van der Waals surface area contributed by atoms with Crippen LogP contribution in [0.1, 0.15) is 0 Å². The molecule has 1 rings (SSSR count). The van der Waals surface area contributed by atoms with E-state index in [1.165, 1.54) is 0 Å². The van der Waals surface area contributed by atoms with Crippen LogP contribution in [0.2, 0.25) is 0 Å². The van der Waals surface area contributed by atoms with Gasteiger partial charge in [-0.25, -0.2) is 0 Å². The molecule has 0 aromatic carbocycles. The first kappa shape index (κ1) is 12.3. The lowest BCUT2D eigenvalue weighted by atomic mass is 10.2. The minimum atomic E-state index is -0.641. The van der Waals surface area contributed by atoms with E-state index in [1.54, 1.807) is 0 Å². The molecular weight excluding hydrogens is 216 g/mol. The van der Waals surface area contributed by atoms with Gasteiger partial charge in [0.1, 0.15) is 13.1 Å². The summed E-state index contributed by atoms with van der Waals surface area (Å²) in [5.74, 6) is -2.54. The van der Waals surface area contributed by atoms with Crippen LogP contribution in [-0.4, -0.2) is 59.6 Å². The van der Waals surface area contributed by atoms with Crippen LogP contribution in [0, 0.1) is 0 Å². The summed E-state index contributed by atoms with van der Waals surface area (Å²) in [7, 11) is 0. The number of hydrogen-bond donors (Lipinski definition) is 2. The predicted octanol–water partition coefficient (Wildman–Crippen LogP) is -3.37. The fraction of sp³-hybridized carbons (Fsp3) is 0.500. The zero-order valence-electron chi connectivity index (χ0n) is 8.51. The highest BCUT2D eigenvalue weighted by molar-refractivity contribution is 6.09. The number of carbonyl (C=O) groups excluding carboxylic acids is 4. The molecule has 1 saturated heterocycles. The molecule has 1 aliphatic rings. The Morgan fingerprint density at radius 3 is 1.50 bits per heavy atom. The number of rotatable bonds is 2.